The molecule has 0 atom stereocenters. The fourth-order valence-electron chi connectivity index (χ4n) is 2.37. The Bertz CT molecular complexity index is 659. The first-order valence-corrected chi connectivity index (χ1v) is 9.40. The van der Waals surface area contributed by atoms with Gasteiger partial charge in [0.05, 0.1) is 6.54 Å². The van der Waals surface area contributed by atoms with E-state index in [2.05, 4.69) is 21.6 Å². The van der Waals surface area contributed by atoms with Crippen molar-refractivity contribution in [1.29, 1.82) is 0 Å². The molecule has 5 nitrogen and oxygen atoms in total. The number of halogens is 1. The summed E-state index contributed by atoms with van der Waals surface area (Å²) >= 11 is 1.27. The maximum absolute atomic E-state index is 12.9. The van der Waals surface area contributed by atoms with Gasteiger partial charge in [-0.05, 0) is 24.1 Å². The van der Waals surface area contributed by atoms with E-state index in [9.17, 15) is 9.18 Å². The van der Waals surface area contributed by atoms with Crippen LogP contribution in [-0.2, 0) is 11.2 Å². The first-order chi connectivity index (χ1) is 12.1. The number of nitrogens with one attached hydrogen (secondary N) is 1. The van der Waals surface area contributed by atoms with Crippen LogP contribution in [0.15, 0.2) is 24.3 Å². The third-order valence-corrected chi connectivity index (χ3v) is 4.66. The molecule has 25 heavy (non-hydrogen) atoms. The molecule has 0 aliphatic heterocycles. The van der Waals surface area contributed by atoms with Crippen molar-refractivity contribution in [3.8, 4) is 0 Å². The second-order valence-corrected chi connectivity index (χ2v) is 6.79. The molecule has 0 unspecified atom stereocenters. The molecule has 0 bridgehead atoms. The van der Waals surface area contributed by atoms with Gasteiger partial charge in [-0.2, -0.15) is 4.37 Å². The van der Waals surface area contributed by atoms with E-state index in [1.54, 1.807) is 17.0 Å². The minimum absolute atomic E-state index is 0.00529. The molecule has 7 heteroatoms. The number of amides is 1. The number of anilines is 1. The largest absolute Gasteiger partial charge is 0.355 e. The third-order valence-electron chi connectivity index (χ3n) is 3.79. The lowest BCUT2D eigenvalue weighted by molar-refractivity contribution is -0.119. The zero-order chi connectivity index (χ0) is 18.1. The van der Waals surface area contributed by atoms with Crippen molar-refractivity contribution in [2.75, 3.05) is 25.0 Å². The van der Waals surface area contributed by atoms with Crippen molar-refractivity contribution in [1.82, 2.24) is 14.7 Å². The molecule has 0 aliphatic carbocycles. The van der Waals surface area contributed by atoms with Crippen LogP contribution in [0.2, 0.25) is 0 Å². The Kier molecular flexibility index (Phi) is 7.78. The van der Waals surface area contributed by atoms with Gasteiger partial charge in [-0.3, -0.25) is 4.79 Å². The molecule has 2 rings (SSSR count). The van der Waals surface area contributed by atoms with E-state index in [1.807, 2.05) is 7.05 Å². The molecule has 0 saturated carbocycles. The number of rotatable bonds is 10. The molecule has 0 spiro atoms. The summed E-state index contributed by atoms with van der Waals surface area (Å²) in [5, 5.41) is 3.64. The van der Waals surface area contributed by atoms with Crippen molar-refractivity contribution in [3.63, 3.8) is 0 Å². The third kappa shape index (κ3) is 6.78. The van der Waals surface area contributed by atoms with Gasteiger partial charge in [-0.25, -0.2) is 9.37 Å². The Morgan fingerprint density at radius 2 is 2.00 bits per heavy atom. The maximum atomic E-state index is 12.9. The van der Waals surface area contributed by atoms with Gasteiger partial charge < -0.3 is 10.2 Å². The minimum atomic E-state index is -0.254. The number of carbonyl (C=O) groups excluding carboxylic acids is 1. The van der Waals surface area contributed by atoms with E-state index in [-0.39, 0.29) is 18.3 Å². The summed E-state index contributed by atoms with van der Waals surface area (Å²) < 4.78 is 17.3. The van der Waals surface area contributed by atoms with E-state index >= 15 is 0 Å². The van der Waals surface area contributed by atoms with Crippen LogP contribution in [0.1, 0.15) is 44.0 Å². The van der Waals surface area contributed by atoms with Crippen LogP contribution < -0.4 is 10.2 Å². The summed E-state index contributed by atoms with van der Waals surface area (Å²) in [6.07, 6.45) is 5.11. The van der Waals surface area contributed by atoms with Gasteiger partial charge in [-0.1, -0.05) is 38.3 Å². The van der Waals surface area contributed by atoms with Gasteiger partial charge in [0.1, 0.15) is 11.6 Å². The fourth-order valence-corrected chi connectivity index (χ4v) is 3.02. The van der Waals surface area contributed by atoms with Gasteiger partial charge in [0.25, 0.3) is 0 Å². The molecule has 1 N–H and O–H groups in total. The molecule has 1 aromatic heterocycles. The van der Waals surface area contributed by atoms with Crippen molar-refractivity contribution in [3.05, 3.63) is 41.5 Å². The summed E-state index contributed by atoms with van der Waals surface area (Å²) in [5.41, 5.74) is 0.957. The smallest absolute Gasteiger partial charge is 0.239 e. The van der Waals surface area contributed by atoms with Crippen LogP contribution in [0.4, 0.5) is 9.52 Å². The number of hydrogen-bond donors (Lipinski definition) is 1. The monoisotopic (exact) mass is 364 g/mol. The number of carbonyl (C=O) groups is 1. The van der Waals surface area contributed by atoms with Crippen molar-refractivity contribution < 1.29 is 9.18 Å². The molecule has 136 valence electrons. The average Bonchev–Trinajstić information content (AvgIpc) is 3.05. The van der Waals surface area contributed by atoms with Crippen molar-refractivity contribution in [2.24, 2.45) is 0 Å². The Hall–Kier alpha value is -2.02. The number of likely N-dealkylation sites (N-methyl/N-ethyl adjacent to an activating group) is 1. The molecule has 1 amide bonds. The topological polar surface area (TPSA) is 58.1 Å². The number of benzene rings is 1. The average molecular weight is 364 g/mol. The Morgan fingerprint density at radius 1 is 1.24 bits per heavy atom. The van der Waals surface area contributed by atoms with Gasteiger partial charge >= 0.3 is 0 Å². The van der Waals surface area contributed by atoms with E-state index < -0.39 is 0 Å². The van der Waals surface area contributed by atoms with Crippen LogP contribution in [0.3, 0.4) is 0 Å². The molecule has 1 aromatic carbocycles. The van der Waals surface area contributed by atoms with Crippen LogP contribution in [-0.4, -0.2) is 35.4 Å². The van der Waals surface area contributed by atoms with E-state index in [0.717, 1.165) is 24.9 Å². The predicted molar refractivity (Wildman–Crippen MR) is 99.5 cm³/mol. The van der Waals surface area contributed by atoms with E-state index in [4.69, 9.17) is 0 Å². The number of nitrogens with zero attached hydrogens (tertiary/aromatic N) is 3. The Labute approximate surface area is 152 Å². The molecular formula is C18H25FN4OS. The van der Waals surface area contributed by atoms with Crippen LogP contribution in [0.5, 0.6) is 0 Å². The van der Waals surface area contributed by atoms with Crippen LogP contribution >= 0.6 is 11.5 Å². The van der Waals surface area contributed by atoms with Gasteiger partial charge in [0, 0.05) is 31.5 Å². The summed E-state index contributed by atoms with van der Waals surface area (Å²) in [5.74, 6) is 0.420. The molecule has 0 aliphatic rings. The number of unbranched alkanes of at least 4 members (excludes halogenated alkanes) is 3. The quantitative estimate of drug-likeness (QED) is 0.657. The number of aromatic nitrogens is 2. The summed E-state index contributed by atoms with van der Waals surface area (Å²) in [4.78, 5) is 18.2. The highest BCUT2D eigenvalue weighted by Crippen LogP contribution is 2.17. The molecular weight excluding hydrogens is 339 g/mol. The SMILES string of the molecule is CCCCCCNC(=O)CN(C)c1nc(Cc2ccc(F)cc2)ns1. The highest BCUT2D eigenvalue weighted by Gasteiger charge is 2.12. The van der Waals surface area contributed by atoms with Crippen LogP contribution in [0, 0.1) is 5.82 Å². The summed E-state index contributed by atoms with van der Waals surface area (Å²) in [6.45, 7) is 3.15. The highest BCUT2D eigenvalue weighted by molar-refractivity contribution is 7.09. The molecule has 0 fully saturated rings. The highest BCUT2D eigenvalue weighted by atomic mass is 32.1. The zero-order valence-electron chi connectivity index (χ0n) is 14.8. The van der Waals surface area contributed by atoms with E-state index in [0.29, 0.717) is 17.4 Å². The zero-order valence-corrected chi connectivity index (χ0v) is 15.6. The molecule has 1 heterocycles. The second kappa shape index (κ2) is 10.1. The van der Waals surface area contributed by atoms with Gasteiger partial charge in [-0.15, -0.1) is 0 Å². The maximum Gasteiger partial charge on any atom is 0.239 e. The van der Waals surface area contributed by atoms with Crippen molar-refractivity contribution in [2.45, 2.75) is 39.0 Å². The summed E-state index contributed by atoms with van der Waals surface area (Å²) in [6, 6.07) is 6.32. The molecule has 0 saturated heterocycles. The van der Waals surface area contributed by atoms with Gasteiger partial charge in [0.15, 0.2) is 0 Å². The predicted octanol–water partition coefficient (Wildman–Crippen LogP) is 3.40. The van der Waals surface area contributed by atoms with E-state index in [1.165, 1.54) is 36.5 Å². The first-order valence-electron chi connectivity index (χ1n) is 8.63. The van der Waals surface area contributed by atoms with Gasteiger partial charge in [0.2, 0.25) is 11.0 Å². The molecule has 2 aromatic rings. The fraction of sp³-hybridized carbons (Fsp3) is 0.500. The Morgan fingerprint density at radius 3 is 2.72 bits per heavy atom. The number of hydrogen-bond acceptors (Lipinski definition) is 5. The second-order valence-electron chi connectivity index (χ2n) is 6.06. The summed E-state index contributed by atoms with van der Waals surface area (Å²) in [7, 11) is 1.83. The normalized spacial score (nSPS) is 10.7. The first kappa shape index (κ1) is 19.3. The lowest BCUT2D eigenvalue weighted by Crippen LogP contribution is -2.35. The van der Waals surface area contributed by atoms with Crippen LogP contribution in [0.25, 0.3) is 0 Å². The minimum Gasteiger partial charge on any atom is -0.355 e. The van der Waals surface area contributed by atoms with Crippen molar-refractivity contribution >= 4 is 22.6 Å². The molecule has 0 radical (unpaired) electrons. The lowest BCUT2D eigenvalue weighted by atomic mass is 10.1. The lowest BCUT2D eigenvalue weighted by Gasteiger charge is -2.14. The standard InChI is InChI=1S/C18H25FN4OS/c1-3-4-5-6-11-20-17(24)13-23(2)18-21-16(22-25-18)12-14-7-9-15(19)10-8-14/h7-10H,3-6,11-13H2,1-2H3,(H,20,24). The Balaban J connectivity index is 1.78.